The Morgan fingerprint density at radius 3 is 2.83 bits per heavy atom. The van der Waals surface area contributed by atoms with Crippen molar-refractivity contribution in [2.24, 2.45) is 0 Å². The molecule has 0 radical (unpaired) electrons. The molecule has 1 N–H and O–H groups in total. The third kappa shape index (κ3) is 1.53. The van der Waals surface area contributed by atoms with Crippen molar-refractivity contribution in [3.05, 3.63) is 34.4 Å². The fourth-order valence-electron chi connectivity index (χ4n) is 1.29. The molecule has 0 saturated heterocycles. The molecule has 0 aromatic carbocycles. The van der Waals surface area contributed by atoms with Crippen LogP contribution >= 0.6 is 0 Å². The molecular weight excluding hydrogens is 156 g/mol. The van der Waals surface area contributed by atoms with Crippen LogP contribution in [0.2, 0.25) is 0 Å². The highest BCUT2D eigenvalue weighted by atomic mass is 16.6. The standard InChI is InChI=1S/C8H12N2O2/c1-9-7-8(10(11)12)5-3-2-4-6-8/h2-5,9H,6-7H2,1H3. The van der Waals surface area contributed by atoms with Gasteiger partial charge in [0, 0.05) is 11.3 Å². The Kier molecular flexibility index (Phi) is 2.60. The smallest absolute Gasteiger partial charge is 0.256 e. The molecule has 4 heteroatoms. The van der Waals surface area contributed by atoms with Gasteiger partial charge in [-0.15, -0.1) is 0 Å². The second kappa shape index (κ2) is 3.49. The first-order valence-electron chi connectivity index (χ1n) is 3.85. The zero-order chi connectivity index (χ0) is 9.03. The molecule has 1 aliphatic carbocycles. The lowest BCUT2D eigenvalue weighted by Gasteiger charge is -2.21. The first kappa shape index (κ1) is 8.93. The van der Waals surface area contributed by atoms with Crippen LogP contribution in [-0.4, -0.2) is 24.1 Å². The van der Waals surface area contributed by atoms with Crippen LogP contribution in [0.3, 0.4) is 0 Å². The quantitative estimate of drug-likeness (QED) is 0.499. The molecule has 0 spiro atoms. The summed E-state index contributed by atoms with van der Waals surface area (Å²) in [6, 6.07) is 0. The first-order valence-corrected chi connectivity index (χ1v) is 3.85. The zero-order valence-electron chi connectivity index (χ0n) is 6.99. The molecule has 4 nitrogen and oxygen atoms in total. The van der Waals surface area contributed by atoms with Gasteiger partial charge >= 0.3 is 0 Å². The fourth-order valence-corrected chi connectivity index (χ4v) is 1.29. The zero-order valence-corrected chi connectivity index (χ0v) is 6.99. The van der Waals surface area contributed by atoms with Gasteiger partial charge in [0.2, 0.25) is 0 Å². The van der Waals surface area contributed by atoms with Crippen molar-refractivity contribution >= 4 is 0 Å². The van der Waals surface area contributed by atoms with Crippen molar-refractivity contribution in [2.75, 3.05) is 13.6 Å². The summed E-state index contributed by atoms with van der Waals surface area (Å²) >= 11 is 0. The van der Waals surface area contributed by atoms with E-state index in [1.807, 2.05) is 12.2 Å². The minimum Gasteiger partial charge on any atom is -0.313 e. The number of rotatable bonds is 3. The lowest BCUT2D eigenvalue weighted by Crippen LogP contribution is -2.45. The molecule has 66 valence electrons. The van der Waals surface area contributed by atoms with E-state index in [9.17, 15) is 10.1 Å². The summed E-state index contributed by atoms with van der Waals surface area (Å²) in [7, 11) is 1.72. The van der Waals surface area contributed by atoms with Crippen LogP contribution < -0.4 is 5.32 Å². The number of nitro groups is 1. The molecule has 0 amide bonds. The van der Waals surface area contributed by atoms with Crippen LogP contribution in [0.5, 0.6) is 0 Å². The van der Waals surface area contributed by atoms with Crippen LogP contribution in [-0.2, 0) is 0 Å². The Hall–Kier alpha value is -1.16. The van der Waals surface area contributed by atoms with E-state index in [0.29, 0.717) is 13.0 Å². The molecule has 0 bridgehead atoms. The number of likely N-dealkylation sites (N-methyl/N-ethyl adjacent to an activating group) is 1. The highest BCUT2D eigenvalue weighted by Crippen LogP contribution is 2.20. The molecule has 1 unspecified atom stereocenters. The van der Waals surface area contributed by atoms with Gasteiger partial charge in [-0.1, -0.05) is 18.2 Å². The van der Waals surface area contributed by atoms with E-state index >= 15 is 0 Å². The SMILES string of the molecule is CNCC1([N+](=O)[O-])C=CC=CC1. The van der Waals surface area contributed by atoms with E-state index in [-0.39, 0.29) is 4.92 Å². The van der Waals surface area contributed by atoms with Crippen LogP contribution in [0, 0.1) is 10.1 Å². The van der Waals surface area contributed by atoms with Gasteiger partial charge in [-0.3, -0.25) is 10.1 Å². The topological polar surface area (TPSA) is 55.2 Å². The van der Waals surface area contributed by atoms with Crippen molar-refractivity contribution in [3.63, 3.8) is 0 Å². The monoisotopic (exact) mass is 168 g/mol. The van der Waals surface area contributed by atoms with E-state index in [1.165, 1.54) is 0 Å². The molecule has 0 heterocycles. The summed E-state index contributed by atoms with van der Waals surface area (Å²) in [5.41, 5.74) is -0.927. The van der Waals surface area contributed by atoms with Crippen molar-refractivity contribution in [1.82, 2.24) is 5.32 Å². The van der Waals surface area contributed by atoms with Gasteiger partial charge < -0.3 is 5.32 Å². The molecule has 0 aliphatic heterocycles. The molecule has 0 aromatic heterocycles. The number of hydrogen-bond donors (Lipinski definition) is 1. The highest BCUT2D eigenvalue weighted by Gasteiger charge is 2.38. The molecule has 1 aliphatic rings. The minimum absolute atomic E-state index is 0.233. The van der Waals surface area contributed by atoms with Crippen molar-refractivity contribution in [3.8, 4) is 0 Å². The third-order valence-corrected chi connectivity index (χ3v) is 1.97. The Labute approximate surface area is 71.1 Å². The summed E-state index contributed by atoms with van der Waals surface area (Å²) in [6.07, 6.45) is 7.49. The average molecular weight is 168 g/mol. The molecule has 0 aromatic rings. The van der Waals surface area contributed by atoms with Crippen molar-refractivity contribution in [2.45, 2.75) is 12.0 Å². The minimum atomic E-state index is -0.927. The van der Waals surface area contributed by atoms with Crippen molar-refractivity contribution in [1.29, 1.82) is 0 Å². The van der Waals surface area contributed by atoms with Crippen LogP contribution in [0.15, 0.2) is 24.3 Å². The molecule has 12 heavy (non-hydrogen) atoms. The summed E-state index contributed by atoms with van der Waals surface area (Å²) in [4.78, 5) is 10.5. The van der Waals surface area contributed by atoms with E-state index in [0.717, 1.165) is 0 Å². The summed E-state index contributed by atoms with van der Waals surface area (Å²) in [5, 5.41) is 13.6. The highest BCUT2D eigenvalue weighted by molar-refractivity contribution is 5.18. The van der Waals surface area contributed by atoms with E-state index < -0.39 is 5.54 Å². The second-order valence-corrected chi connectivity index (χ2v) is 2.88. The second-order valence-electron chi connectivity index (χ2n) is 2.88. The molecule has 1 rings (SSSR count). The molecular formula is C8H12N2O2. The van der Waals surface area contributed by atoms with Gasteiger partial charge in [0.25, 0.3) is 5.54 Å². The number of hydrogen-bond acceptors (Lipinski definition) is 3. The van der Waals surface area contributed by atoms with Crippen LogP contribution in [0.4, 0.5) is 0 Å². The maximum atomic E-state index is 10.7. The third-order valence-electron chi connectivity index (χ3n) is 1.97. The number of nitrogens with one attached hydrogen (secondary N) is 1. The van der Waals surface area contributed by atoms with Gasteiger partial charge in [0.1, 0.15) is 0 Å². The van der Waals surface area contributed by atoms with Gasteiger partial charge in [-0.2, -0.15) is 0 Å². The molecule has 1 atom stereocenters. The van der Waals surface area contributed by atoms with E-state index in [4.69, 9.17) is 0 Å². The summed E-state index contributed by atoms with van der Waals surface area (Å²) in [5.74, 6) is 0. The number of nitrogens with zero attached hydrogens (tertiary/aromatic N) is 1. The van der Waals surface area contributed by atoms with Gasteiger partial charge in [-0.25, -0.2) is 0 Å². The van der Waals surface area contributed by atoms with Gasteiger partial charge in [-0.05, 0) is 13.1 Å². The Morgan fingerprint density at radius 2 is 2.42 bits per heavy atom. The summed E-state index contributed by atoms with van der Waals surface area (Å²) < 4.78 is 0. The Morgan fingerprint density at radius 1 is 1.67 bits per heavy atom. The van der Waals surface area contributed by atoms with Crippen molar-refractivity contribution < 1.29 is 4.92 Å². The summed E-state index contributed by atoms with van der Waals surface area (Å²) in [6.45, 7) is 0.376. The predicted octanol–water partition coefficient (Wildman–Crippen LogP) is 0.737. The normalized spacial score (nSPS) is 27.4. The average Bonchev–Trinajstić information content (AvgIpc) is 2.06. The first-order chi connectivity index (χ1) is 5.71. The van der Waals surface area contributed by atoms with Crippen LogP contribution in [0.1, 0.15) is 6.42 Å². The van der Waals surface area contributed by atoms with Gasteiger partial charge in [0.15, 0.2) is 0 Å². The van der Waals surface area contributed by atoms with E-state index in [1.54, 1.807) is 19.2 Å². The van der Waals surface area contributed by atoms with Crippen LogP contribution in [0.25, 0.3) is 0 Å². The van der Waals surface area contributed by atoms with E-state index in [2.05, 4.69) is 5.32 Å². The maximum absolute atomic E-state index is 10.7. The van der Waals surface area contributed by atoms with Gasteiger partial charge in [0.05, 0.1) is 6.54 Å². The molecule has 0 fully saturated rings. The lowest BCUT2D eigenvalue weighted by atomic mass is 9.92. The largest absolute Gasteiger partial charge is 0.313 e. The predicted molar refractivity (Wildman–Crippen MR) is 46.5 cm³/mol. The number of allylic oxidation sites excluding steroid dienone is 2. The molecule has 0 saturated carbocycles. The Bertz CT molecular complexity index is 235. The fraction of sp³-hybridized carbons (Fsp3) is 0.500. The lowest BCUT2D eigenvalue weighted by molar-refractivity contribution is -0.552. The maximum Gasteiger partial charge on any atom is 0.256 e. The Balaban J connectivity index is 2.80.